The van der Waals surface area contributed by atoms with E-state index in [-0.39, 0.29) is 5.43 Å². The van der Waals surface area contributed by atoms with Crippen molar-refractivity contribution in [2.24, 2.45) is 0 Å². The van der Waals surface area contributed by atoms with Crippen molar-refractivity contribution >= 4 is 11.0 Å². The maximum atomic E-state index is 11.7. The first kappa shape index (κ1) is 15.6. The molecule has 0 atom stereocenters. The number of rotatable bonds is 8. The molecule has 21 heavy (non-hydrogen) atoms. The third-order valence-electron chi connectivity index (χ3n) is 3.66. The number of nitrogens with zero attached hydrogens (tertiary/aromatic N) is 1. The van der Waals surface area contributed by atoms with E-state index in [1.807, 2.05) is 6.07 Å². The monoisotopic (exact) mass is 289 g/mol. The molecule has 0 radical (unpaired) electrons. The van der Waals surface area contributed by atoms with Gasteiger partial charge in [0.25, 0.3) is 0 Å². The lowest BCUT2D eigenvalue weighted by molar-refractivity contribution is 0.266. The van der Waals surface area contributed by atoms with Crippen molar-refractivity contribution in [3.63, 3.8) is 0 Å². The van der Waals surface area contributed by atoms with E-state index in [2.05, 4.69) is 18.7 Å². The van der Waals surface area contributed by atoms with Gasteiger partial charge in [0.05, 0.1) is 18.3 Å². The summed E-state index contributed by atoms with van der Waals surface area (Å²) < 4.78 is 11.0. The molecule has 0 saturated heterocycles. The predicted octanol–water partition coefficient (Wildman–Crippen LogP) is 3.29. The normalized spacial score (nSPS) is 11.2. The largest absolute Gasteiger partial charge is 0.494 e. The van der Waals surface area contributed by atoms with Crippen molar-refractivity contribution in [2.45, 2.75) is 26.7 Å². The van der Waals surface area contributed by atoms with Gasteiger partial charge < -0.3 is 14.1 Å². The molecule has 0 unspecified atom stereocenters. The van der Waals surface area contributed by atoms with Crippen LogP contribution in [-0.4, -0.2) is 31.1 Å². The molecule has 0 aliphatic carbocycles. The summed E-state index contributed by atoms with van der Waals surface area (Å²) in [6.07, 6.45) is 3.55. The second-order valence-corrected chi connectivity index (χ2v) is 5.03. The highest BCUT2D eigenvalue weighted by atomic mass is 16.5. The van der Waals surface area contributed by atoms with E-state index >= 15 is 0 Å². The van der Waals surface area contributed by atoms with E-state index in [0.717, 1.165) is 38.2 Å². The molecule has 114 valence electrons. The van der Waals surface area contributed by atoms with Crippen molar-refractivity contribution in [2.75, 3.05) is 26.2 Å². The molecule has 1 aromatic carbocycles. The number of hydrogen-bond acceptors (Lipinski definition) is 4. The minimum Gasteiger partial charge on any atom is -0.494 e. The van der Waals surface area contributed by atoms with Crippen LogP contribution in [0.4, 0.5) is 0 Å². The quantitative estimate of drug-likeness (QED) is 0.699. The molecule has 4 nitrogen and oxygen atoms in total. The van der Waals surface area contributed by atoms with E-state index in [1.165, 1.54) is 12.3 Å². The molecule has 4 heteroatoms. The molecule has 0 amide bonds. The molecule has 0 bridgehead atoms. The Morgan fingerprint density at radius 3 is 2.71 bits per heavy atom. The highest BCUT2D eigenvalue weighted by Crippen LogP contribution is 2.18. The van der Waals surface area contributed by atoms with Gasteiger partial charge in [0.15, 0.2) is 5.43 Å². The zero-order valence-electron chi connectivity index (χ0n) is 12.8. The van der Waals surface area contributed by atoms with Crippen LogP contribution in [0.5, 0.6) is 5.75 Å². The van der Waals surface area contributed by atoms with Gasteiger partial charge in [0, 0.05) is 6.07 Å². The summed E-state index contributed by atoms with van der Waals surface area (Å²) in [5.41, 5.74) is 0.555. The van der Waals surface area contributed by atoms with Crippen LogP contribution in [0.2, 0.25) is 0 Å². The Hall–Kier alpha value is -1.81. The van der Waals surface area contributed by atoms with Gasteiger partial charge in [-0.05, 0) is 50.7 Å². The smallest absolute Gasteiger partial charge is 0.192 e. The number of ether oxygens (including phenoxy) is 1. The maximum Gasteiger partial charge on any atom is 0.192 e. The fourth-order valence-corrected chi connectivity index (χ4v) is 2.32. The van der Waals surface area contributed by atoms with E-state index < -0.39 is 0 Å². The van der Waals surface area contributed by atoms with Crippen molar-refractivity contribution in [1.29, 1.82) is 0 Å². The minimum atomic E-state index is -0.0387. The molecule has 2 rings (SSSR count). The van der Waals surface area contributed by atoms with Gasteiger partial charge in [0.1, 0.15) is 11.3 Å². The van der Waals surface area contributed by atoms with Crippen LogP contribution in [0.1, 0.15) is 26.7 Å². The highest BCUT2D eigenvalue weighted by Gasteiger charge is 2.03. The van der Waals surface area contributed by atoms with Crippen LogP contribution >= 0.6 is 0 Å². The predicted molar refractivity (Wildman–Crippen MR) is 85.0 cm³/mol. The minimum absolute atomic E-state index is 0.0387. The van der Waals surface area contributed by atoms with E-state index in [0.29, 0.717) is 17.6 Å². The van der Waals surface area contributed by atoms with Crippen LogP contribution < -0.4 is 10.2 Å². The maximum absolute atomic E-state index is 11.7. The number of fused-ring (bicyclic) bond motifs is 1. The van der Waals surface area contributed by atoms with Gasteiger partial charge in [-0.25, -0.2) is 0 Å². The SMILES string of the molecule is CCN(CC)CCCCOc1ccc2occc(=O)c2c1. The first-order valence-electron chi connectivity index (χ1n) is 7.61. The zero-order valence-corrected chi connectivity index (χ0v) is 12.8. The topological polar surface area (TPSA) is 42.7 Å². The number of unbranched alkanes of at least 4 members (excludes halogenated alkanes) is 1. The Morgan fingerprint density at radius 2 is 1.95 bits per heavy atom. The molecule has 0 saturated carbocycles. The fraction of sp³-hybridized carbons (Fsp3) is 0.471. The molecule has 0 N–H and O–H groups in total. The standard InChI is InChI=1S/C17H23NO3/c1-3-18(4-2)10-5-6-11-20-14-7-8-17-15(13-14)16(19)9-12-21-17/h7-9,12-13H,3-6,10-11H2,1-2H3. The van der Waals surface area contributed by atoms with Crippen molar-refractivity contribution in [3.8, 4) is 5.75 Å². The molecule has 1 heterocycles. The van der Waals surface area contributed by atoms with E-state index in [9.17, 15) is 4.79 Å². The van der Waals surface area contributed by atoms with Crippen molar-refractivity contribution < 1.29 is 9.15 Å². The summed E-state index contributed by atoms with van der Waals surface area (Å²) in [6, 6.07) is 6.80. The van der Waals surface area contributed by atoms with Gasteiger partial charge in [-0.1, -0.05) is 13.8 Å². The van der Waals surface area contributed by atoms with Crippen LogP contribution in [0.15, 0.2) is 39.7 Å². The summed E-state index contributed by atoms with van der Waals surface area (Å²) in [5.74, 6) is 0.726. The molecule has 0 fully saturated rings. The second-order valence-electron chi connectivity index (χ2n) is 5.03. The van der Waals surface area contributed by atoms with Gasteiger partial charge in [-0.3, -0.25) is 4.79 Å². The third-order valence-corrected chi connectivity index (χ3v) is 3.66. The van der Waals surface area contributed by atoms with E-state index in [1.54, 1.807) is 12.1 Å². The van der Waals surface area contributed by atoms with Gasteiger partial charge >= 0.3 is 0 Å². The third kappa shape index (κ3) is 4.33. The van der Waals surface area contributed by atoms with Crippen molar-refractivity contribution in [3.05, 3.63) is 40.8 Å². The summed E-state index contributed by atoms with van der Waals surface area (Å²) in [6.45, 7) is 8.33. The molecule has 2 aromatic rings. The lowest BCUT2D eigenvalue weighted by atomic mass is 10.2. The summed E-state index contributed by atoms with van der Waals surface area (Å²) in [7, 11) is 0. The lowest BCUT2D eigenvalue weighted by Crippen LogP contribution is -2.24. The second kappa shape index (κ2) is 7.84. The van der Waals surface area contributed by atoms with E-state index in [4.69, 9.17) is 9.15 Å². The first-order chi connectivity index (χ1) is 10.2. The fourth-order valence-electron chi connectivity index (χ4n) is 2.32. The summed E-state index contributed by atoms with van der Waals surface area (Å²) >= 11 is 0. The number of benzene rings is 1. The average molecular weight is 289 g/mol. The van der Waals surface area contributed by atoms with Crippen LogP contribution in [0.25, 0.3) is 11.0 Å². The molecular formula is C17H23NO3. The Kier molecular flexibility index (Phi) is 5.81. The zero-order chi connectivity index (χ0) is 15.1. The molecule has 0 aliphatic heterocycles. The summed E-state index contributed by atoms with van der Waals surface area (Å²) in [5, 5.41) is 0.568. The Labute approximate surface area is 125 Å². The Morgan fingerprint density at radius 1 is 1.14 bits per heavy atom. The highest BCUT2D eigenvalue weighted by molar-refractivity contribution is 5.77. The summed E-state index contributed by atoms with van der Waals surface area (Å²) in [4.78, 5) is 14.1. The van der Waals surface area contributed by atoms with Crippen LogP contribution in [-0.2, 0) is 0 Å². The van der Waals surface area contributed by atoms with Gasteiger partial charge in [-0.2, -0.15) is 0 Å². The van der Waals surface area contributed by atoms with Crippen molar-refractivity contribution in [1.82, 2.24) is 4.90 Å². The molecule has 0 spiro atoms. The van der Waals surface area contributed by atoms with Gasteiger partial charge in [-0.15, -0.1) is 0 Å². The van der Waals surface area contributed by atoms with Crippen LogP contribution in [0, 0.1) is 0 Å². The first-order valence-corrected chi connectivity index (χ1v) is 7.61. The molecule has 0 aliphatic rings. The molecular weight excluding hydrogens is 266 g/mol. The lowest BCUT2D eigenvalue weighted by Gasteiger charge is -2.17. The van der Waals surface area contributed by atoms with Crippen LogP contribution in [0.3, 0.4) is 0 Å². The van der Waals surface area contributed by atoms with Gasteiger partial charge in [0.2, 0.25) is 0 Å². The molecule has 1 aromatic heterocycles. The Balaban J connectivity index is 1.84. The Bertz CT molecular complexity index is 617. The average Bonchev–Trinajstić information content (AvgIpc) is 2.51. The number of hydrogen-bond donors (Lipinski definition) is 0.